The summed E-state index contributed by atoms with van der Waals surface area (Å²) >= 11 is 0. The summed E-state index contributed by atoms with van der Waals surface area (Å²) in [6.07, 6.45) is 0. The highest BCUT2D eigenvalue weighted by Crippen LogP contribution is 2.42. The van der Waals surface area contributed by atoms with Crippen LogP contribution in [0.1, 0.15) is 0 Å². The Hall–Kier alpha value is -9.12. The van der Waals surface area contributed by atoms with Gasteiger partial charge < -0.3 is 8.98 Å². The van der Waals surface area contributed by atoms with Gasteiger partial charge in [-0.1, -0.05) is 188 Å². The highest BCUT2D eigenvalue weighted by molar-refractivity contribution is 6.13. The Morgan fingerprint density at radius 1 is 0.265 bits per heavy atom. The van der Waals surface area contributed by atoms with Gasteiger partial charge in [0.05, 0.1) is 11.0 Å². The van der Waals surface area contributed by atoms with Crippen LogP contribution in [0.2, 0.25) is 0 Å². The smallest absolute Gasteiger partial charge is 0.248 e. The van der Waals surface area contributed by atoms with Crippen LogP contribution in [0.3, 0.4) is 0 Å². The maximum atomic E-state index is 6.08. The molecule has 2 aromatic heterocycles. The molecular formula is C64H41N3O. The zero-order valence-electron chi connectivity index (χ0n) is 36.9. The van der Waals surface area contributed by atoms with Crippen LogP contribution in [-0.2, 0) is 0 Å². The van der Waals surface area contributed by atoms with Crippen LogP contribution in [0.4, 0.5) is 0 Å². The van der Waals surface area contributed by atoms with Gasteiger partial charge in [0.1, 0.15) is 0 Å². The Morgan fingerprint density at radius 3 is 1.18 bits per heavy atom. The number of rotatable bonds is 8. The van der Waals surface area contributed by atoms with E-state index in [0.29, 0.717) is 11.8 Å². The Morgan fingerprint density at radius 2 is 0.647 bits per heavy atom. The Kier molecular flexibility index (Phi) is 9.47. The molecule has 0 amide bonds. The first-order valence-electron chi connectivity index (χ1n) is 23.1. The van der Waals surface area contributed by atoms with Crippen molar-refractivity contribution in [2.75, 3.05) is 0 Å². The molecule has 0 fully saturated rings. The second kappa shape index (κ2) is 16.4. The second-order valence-corrected chi connectivity index (χ2v) is 17.3. The number of benzene rings is 11. The lowest BCUT2D eigenvalue weighted by atomic mass is 9.89. The van der Waals surface area contributed by atoms with E-state index in [0.717, 1.165) is 39.1 Å². The highest BCUT2D eigenvalue weighted by Gasteiger charge is 2.18. The molecule has 11 aromatic carbocycles. The summed E-state index contributed by atoms with van der Waals surface area (Å²) in [5, 5.41) is 16.1. The molecule has 0 atom stereocenters. The monoisotopic (exact) mass is 867 g/mol. The number of hydrogen-bond acceptors (Lipinski definition) is 3. The fraction of sp³-hybridized carbons (Fsp3) is 0. The van der Waals surface area contributed by atoms with Gasteiger partial charge in [-0.3, -0.25) is 0 Å². The van der Waals surface area contributed by atoms with Crippen LogP contribution in [0.5, 0.6) is 0 Å². The van der Waals surface area contributed by atoms with E-state index in [1.807, 2.05) is 30.3 Å². The number of aromatic nitrogens is 3. The first-order valence-corrected chi connectivity index (χ1v) is 23.1. The maximum Gasteiger partial charge on any atom is 0.248 e. The molecule has 0 unspecified atom stereocenters. The summed E-state index contributed by atoms with van der Waals surface area (Å²) in [6.45, 7) is 0. The van der Waals surface area contributed by atoms with E-state index in [1.54, 1.807) is 0 Å². The standard InChI is InChI=1S/C64H41N3O/c1-2-16-46(17-3-1)63-65-66-64(68-63)47-30-28-44(29-31-47)53-22-8-10-24-57(53)58-25-11-9-23-54(58)45-32-36-50(37-33-45)67-61-38-34-48(55-26-12-18-42-14-4-6-20-51(42)55)40-59(61)60-41-49(35-39-62(60)67)56-27-13-19-43-15-5-7-21-52(43)56/h1-41H. The van der Waals surface area contributed by atoms with Crippen molar-refractivity contribution >= 4 is 43.4 Å². The van der Waals surface area contributed by atoms with Gasteiger partial charge >= 0.3 is 0 Å². The third kappa shape index (κ3) is 6.78. The van der Waals surface area contributed by atoms with E-state index in [-0.39, 0.29) is 0 Å². The molecule has 13 aromatic rings. The van der Waals surface area contributed by atoms with Gasteiger partial charge in [-0.25, -0.2) is 0 Å². The van der Waals surface area contributed by atoms with Crippen molar-refractivity contribution in [3.05, 3.63) is 249 Å². The van der Waals surface area contributed by atoms with Crippen molar-refractivity contribution in [2.45, 2.75) is 0 Å². The molecule has 0 aliphatic heterocycles. The minimum atomic E-state index is 0.495. The fourth-order valence-electron chi connectivity index (χ4n) is 10.1. The van der Waals surface area contributed by atoms with E-state index in [1.165, 1.54) is 76.7 Å². The number of hydrogen-bond donors (Lipinski definition) is 0. The predicted molar refractivity (Wildman–Crippen MR) is 282 cm³/mol. The van der Waals surface area contributed by atoms with E-state index < -0.39 is 0 Å². The number of nitrogens with zero attached hydrogens (tertiary/aromatic N) is 3. The summed E-state index contributed by atoms with van der Waals surface area (Å²) < 4.78 is 8.50. The molecule has 0 saturated carbocycles. The van der Waals surface area contributed by atoms with Crippen molar-refractivity contribution in [2.24, 2.45) is 0 Å². The molecule has 4 heteroatoms. The van der Waals surface area contributed by atoms with E-state index in [2.05, 4.69) is 233 Å². The molecule has 318 valence electrons. The number of fused-ring (bicyclic) bond motifs is 5. The average Bonchev–Trinajstić information content (AvgIpc) is 4.04. The first kappa shape index (κ1) is 39.3. The van der Waals surface area contributed by atoms with Crippen LogP contribution in [0.25, 0.3) is 128 Å². The molecule has 0 aliphatic carbocycles. The Labute approximate surface area is 393 Å². The van der Waals surface area contributed by atoms with Gasteiger partial charge in [-0.05, 0) is 138 Å². The van der Waals surface area contributed by atoms with Crippen molar-refractivity contribution < 1.29 is 4.42 Å². The van der Waals surface area contributed by atoms with Crippen molar-refractivity contribution in [3.63, 3.8) is 0 Å². The van der Waals surface area contributed by atoms with Crippen LogP contribution < -0.4 is 0 Å². The summed E-state index contributed by atoms with van der Waals surface area (Å²) in [5.41, 5.74) is 17.0. The molecule has 0 radical (unpaired) electrons. The van der Waals surface area contributed by atoms with Crippen LogP contribution in [0.15, 0.2) is 253 Å². The van der Waals surface area contributed by atoms with E-state index in [4.69, 9.17) is 4.42 Å². The van der Waals surface area contributed by atoms with Crippen LogP contribution in [-0.4, -0.2) is 14.8 Å². The zero-order chi connectivity index (χ0) is 45.0. The summed E-state index contributed by atoms with van der Waals surface area (Å²) in [5.74, 6) is 1.00. The normalized spacial score (nSPS) is 11.5. The van der Waals surface area contributed by atoms with Crippen molar-refractivity contribution in [1.29, 1.82) is 0 Å². The molecule has 68 heavy (non-hydrogen) atoms. The molecule has 0 N–H and O–H groups in total. The lowest BCUT2D eigenvalue weighted by Crippen LogP contribution is -1.94. The molecule has 0 saturated heterocycles. The van der Waals surface area contributed by atoms with Gasteiger partial charge in [0.25, 0.3) is 0 Å². The lowest BCUT2D eigenvalue weighted by molar-refractivity contribution is 0.584. The fourth-order valence-corrected chi connectivity index (χ4v) is 10.1. The second-order valence-electron chi connectivity index (χ2n) is 17.3. The van der Waals surface area contributed by atoms with Gasteiger partial charge in [0.15, 0.2) is 0 Å². The largest absolute Gasteiger partial charge is 0.416 e. The molecule has 0 aliphatic rings. The molecule has 0 spiro atoms. The first-order chi connectivity index (χ1) is 33.7. The Bertz CT molecular complexity index is 3870. The minimum Gasteiger partial charge on any atom is -0.416 e. The molecule has 0 bridgehead atoms. The van der Waals surface area contributed by atoms with Gasteiger partial charge in [0.2, 0.25) is 11.8 Å². The van der Waals surface area contributed by atoms with Gasteiger partial charge in [-0.15, -0.1) is 10.2 Å². The van der Waals surface area contributed by atoms with E-state index >= 15 is 0 Å². The summed E-state index contributed by atoms with van der Waals surface area (Å²) in [7, 11) is 0. The van der Waals surface area contributed by atoms with Gasteiger partial charge in [-0.2, -0.15) is 0 Å². The van der Waals surface area contributed by atoms with Gasteiger partial charge in [0, 0.05) is 27.6 Å². The summed E-state index contributed by atoms with van der Waals surface area (Å²) in [6, 6.07) is 89.2. The quantitative estimate of drug-likeness (QED) is 0.153. The van der Waals surface area contributed by atoms with E-state index in [9.17, 15) is 0 Å². The minimum absolute atomic E-state index is 0.495. The molecule has 13 rings (SSSR count). The van der Waals surface area contributed by atoms with Crippen molar-refractivity contribution in [3.8, 4) is 84.2 Å². The molecule has 2 heterocycles. The van der Waals surface area contributed by atoms with Crippen LogP contribution >= 0.6 is 0 Å². The topological polar surface area (TPSA) is 43.9 Å². The lowest BCUT2D eigenvalue weighted by Gasteiger charge is -2.16. The third-order valence-electron chi connectivity index (χ3n) is 13.4. The maximum absolute atomic E-state index is 6.08. The Balaban J connectivity index is 0.889. The van der Waals surface area contributed by atoms with Crippen molar-refractivity contribution in [1.82, 2.24) is 14.8 Å². The molecule has 4 nitrogen and oxygen atoms in total. The average molecular weight is 868 g/mol. The third-order valence-corrected chi connectivity index (χ3v) is 13.4. The summed E-state index contributed by atoms with van der Waals surface area (Å²) in [4.78, 5) is 0. The molecular weight excluding hydrogens is 827 g/mol. The SMILES string of the molecule is c1ccc(-c2nnc(-c3ccc(-c4ccccc4-c4ccccc4-c4ccc(-n5c6ccc(-c7cccc8ccccc78)cc6c6cc(-c7cccc8ccccc78)ccc65)cc4)cc3)o2)cc1. The van der Waals surface area contributed by atoms with Crippen LogP contribution in [0, 0.1) is 0 Å². The predicted octanol–water partition coefficient (Wildman–Crippen LogP) is 17.1. The highest BCUT2D eigenvalue weighted by atomic mass is 16.4. The zero-order valence-corrected chi connectivity index (χ0v) is 36.9.